The smallest absolute Gasteiger partial charge is 0.220 e. The second-order valence-corrected chi connectivity index (χ2v) is 4.78. The molecule has 0 aliphatic carbocycles. The summed E-state index contributed by atoms with van der Waals surface area (Å²) in [7, 11) is 0. The highest BCUT2D eigenvalue weighted by molar-refractivity contribution is 5.41. The van der Waals surface area contributed by atoms with Crippen molar-refractivity contribution in [1.29, 1.82) is 5.26 Å². The summed E-state index contributed by atoms with van der Waals surface area (Å²) in [4.78, 5) is 4.12. The largest absolute Gasteiger partial charge is 0.439 e. The van der Waals surface area contributed by atoms with Crippen LogP contribution in [0.3, 0.4) is 0 Å². The molecule has 2 rings (SSSR count). The molecule has 0 atom stereocenters. The van der Waals surface area contributed by atoms with Crippen molar-refractivity contribution in [2.75, 3.05) is 0 Å². The van der Waals surface area contributed by atoms with Gasteiger partial charge in [0, 0.05) is 12.3 Å². The zero-order valence-corrected chi connectivity index (χ0v) is 11.3. The van der Waals surface area contributed by atoms with E-state index in [1.807, 2.05) is 19.1 Å². The third-order valence-corrected chi connectivity index (χ3v) is 2.96. The van der Waals surface area contributed by atoms with Crippen molar-refractivity contribution in [2.24, 2.45) is 0 Å². The molecule has 0 spiro atoms. The van der Waals surface area contributed by atoms with Crippen LogP contribution in [0, 0.1) is 18.3 Å². The minimum Gasteiger partial charge on any atom is -0.439 e. The molecule has 0 N–H and O–H groups in total. The Morgan fingerprint density at radius 2 is 2.00 bits per heavy atom. The van der Waals surface area contributed by atoms with Gasteiger partial charge in [-0.25, -0.2) is 4.98 Å². The number of benzene rings is 1. The first-order valence-corrected chi connectivity index (χ1v) is 6.24. The van der Waals surface area contributed by atoms with Gasteiger partial charge in [-0.05, 0) is 36.1 Å². The number of aromatic nitrogens is 1. The summed E-state index contributed by atoms with van der Waals surface area (Å²) in [5.41, 5.74) is 2.81. The molecule has 0 saturated heterocycles. The van der Waals surface area contributed by atoms with Crippen molar-refractivity contribution in [3.63, 3.8) is 0 Å². The van der Waals surface area contributed by atoms with Crippen LogP contribution in [-0.4, -0.2) is 4.98 Å². The van der Waals surface area contributed by atoms with Gasteiger partial charge in [0.05, 0.1) is 11.6 Å². The summed E-state index contributed by atoms with van der Waals surface area (Å²) >= 11 is 0. The predicted octanol–water partition coefficient (Wildman–Crippen LogP) is 4.18. The highest BCUT2D eigenvalue weighted by Gasteiger charge is 2.07. The normalized spacial score (nSPS) is 10.3. The van der Waals surface area contributed by atoms with Gasteiger partial charge in [0.15, 0.2) is 0 Å². The zero-order chi connectivity index (χ0) is 13.8. The third kappa shape index (κ3) is 3.11. The molecule has 0 unspecified atom stereocenters. The number of hydrogen-bond acceptors (Lipinski definition) is 3. The molecule has 2 aromatic rings. The van der Waals surface area contributed by atoms with Crippen molar-refractivity contribution >= 4 is 0 Å². The SMILES string of the molecule is Cc1ccc(C(C)C)cc1Oc1cc(C#N)ccn1. The Morgan fingerprint density at radius 3 is 2.68 bits per heavy atom. The van der Waals surface area contributed by atoms with Crippen molar-refractivity contribution in [3.8, 4) is 17.7 Å². The van der Waals surface area contributed by atoms with E-state index in [-0.39, 0.29) is 0 Å². The number of nitriles is 1. The Bertz CT molecular complexity index is 627. The lowest BCUT2D eigenvalue weighted by Gasteiger charge is -2.12. The van der Waals surface area contributed by atoms with Gasteiger partial charge in [-0.1, -0.05) is 26.0 Å². The summed E-state index contributed by atoms with van der Waals surface area (Å²) in [6, 6.07) is 11.5. The fourth-order valence-electron chi connectivity index (χ4n) is 1.73. The predicted molar refractivity (Wildman–Crippen MR) is 74.3 cm³/mol. The number of ether oxygens (including phenoxy) is 1. The number of nitrogens with zero attached hydrogens (tertiary/aromatic N) is 2. The van der Waals surface area contributed by atoms with Gasteiger partial charge in [0.1, 0.15) is 5.75 Å². The Morgan fingerprint density at radius 1 is 1.21 bits per heavy atom. The number of aryl methyl sites for hydroxylation is 1. The number of hydrogen-bond donors (Lipinski definition) is 0. The quantitative estimate of drug-likeness (QED) is 0.823. The van der Waals surface area contributed by atoms with E-state index >= 15 is 0 Å². The zero-order valence-electron chi connectivity index (χ0n) is 11.3. The van der Waals surface area contributed by atoms with E-state index in [0.29, 0.717) is 17.4 Å². The summed E-state index contributed by atoms with van der Waals surface area (Å²) in [5.74, 6) is 1.68. The molecule has 3 heteroatoms. The van der Waals surface area contributed by atoms with Crippen LogP contribution in [0.25, 0.3) is 0 Å². The molecule has 0 aliphatic rings. The number of pyridine rings is 1. The molecule has 0 radical (unpaired) electrons. The molecule has 3 nitrogen and oxygen atoms in total. The molecule has 1 aromatic carbocycles. The van der Waals surface area contributed by atoms with E-state index in [0.717, 1.165) is 11.3 Å². The van der Waals surface area contributed by atoms with Crippen LogP contribution in [0.2, 0.25) is 0 Å². The maximum absolute atomic E-state index is 8.87. The summed E-state index contributed by atoms with van der Waals surface area (Å²) in [6.07, 6.45) is 1.58. The van der Waals surface area contributed by atoms with Crippen LogP contribution in [-0.2, 0) is 0 Å². The average Bonchev–Trinajstić information content (AvgIpc) is 2.41. The molecule has 0 fully saturated rings. The monoisotopic (exact) mass is 252 g/mol. The third-order valence-electron chi connectivity index (χ3n) is 2.96. The maximum atomic E-state index is 8.87. The highest BCUT2D eigenvalue weighted by Crippen LogP contribution is 2.28. The van der Waals surface area contributed by atoms with E-state index in [9.17, 15) is 0 Å². The van der Waals surface area contributed by atoms with Crippen LogP contribution >= 0.6 is 0 Å². The first-order valence-electron chi connectivity index (χ1n) is 6.24. The molecule has 96 valence electrons. The lowest BCUT2D eigenvalue weighted by atomic mass is 10.0. The molecule has 0 bridgehead atoms. The molecule has 1 aromatic heterocycles. The van der Waals surface area contributed by atoms with Crippen LogP contribution in [0.15, 0.2) is 36.5 Å². The average molecular weight is 252 g/mol. The molecule has 1 heterocycles. The van der Waals surface area contributed by atoms with E-state index < -0.39 is 0 Å². The van der Waals surface area contributed by atoms with E-state index in [1.54, 1.807) is 18.3 Å². The molecular formula is C16H16N2O. The van der Waals surface area contributed by atoms with E-state index in [2.05, 4.69) is 31.0 Å². The lowest BCUT2D eigenvalue weighted by Crippen LogP contribution is -1.94. The van der Waals surface area contributed by atoms with Gasteiger partial charge < -0.3 is 4.74 Å². The van der Waals surface area contributed by atoms with E-state index in [4.69, 9.17) is 10.00 Å². The second-order valence-electron chi connectivity index (χ2n) is 4.78. The minimum atomic E-state index is 0.446. The highest BCUT2D eigenvalue weighted by atomic mass is 16.5. The lowest BCUT2D eigenvalue weighted by molar-refractivity contribution is 0.458. The van der Waals surface area contributed by atoms with Crippen LogP contribution in [0.1, 0.15) is 36.5 Å². The van der Waals surface area contributed by atoms with Gasteiger partial charge in [0.2, 0.25) is 5.88 Å². The minimum absolute atomic E-state index is 0.446. The van der Waals surface area contributed by atoms with Crippen LogP contribution in [0.5, 0.6) is 11.6 Å². The second kappa shape index (κ2) is 5.53. The molecular weight excluding hydrogens is 236 g/mol. The van der Waals surface area contributed by atoms with Crippen molar-refractivity contribution in [2.45, 2.75) is 26.7 Å². The fourth-order valence-corrected chi connectivity index (χ4v) is 1.73. The van der Waals surface area contributed by atoms with E-state index in [1.165, 1.54) is 5.56 Å². The Kier molecular flexibility index (Phi) is 3.82. The summed E-state index contributed by atoms with van der Waals surface area (Å²) < 4.78 is 5.78. The van der Waals surface area contributed by atoms with Gasteiger partial charge in [0.25, 0.3) is 0 Å². The van der Waals surface area contributed by atoms with Gasteiger partial charge in [-0.2, -0.15) is 5.26 Å². The topological polar surface area (TPSA) is 45.9 Å². The summed E-state index contributed by atoms with van der Waals surface area (Å²) in [5, 5.41) is 8.87. The summed E-state index contributed by atoms with van der Waals surface area (Å²) in [6.45, 7) is 6.28. The first-order chi connectivity index (χ1) is 9.10. The molecule has 0 amide bonds. The van der Waals surface area contributed by atoms with Crippen molar-refractivity contribution in [1.82, 2.24) is 4.98 Å². The standard InChI is InChI=1S/C16H16N2O/c1-11(2)14-5-4-12(3)15(9-14)19-16-8-13(10-17)6-7-18-16/h4-9,11H,1-3H3. The number of rotatable bonds is 3. The molecule has 19 heavy (non-hydrogen) atoms. The first kappa shape index (κ1) is 13.1. The van der Waals surface area contributed by atoms with Crippen molar-refractivity contribution < 1.29 is 4.74 Å². The Balaban J connectivity index is 2.32. The Hall–Kier alpha value is -2.34. The van der Waals surface area contributed by atoms with Crippen LogP contribution in [0.4, 0.5) is 0 Å². The van der Waals surface area contributed by atoms with Gasteiger partial charge in [-0.3, -0.25) is 0 Å². The fraction of sp³-hybridized carbons (Fsp3) is 0.250. The maximum Gasteiger partial charge on any atom is 0.220 e. The van der Waals surface area contributed by atoms with Gasteiger partial charge in [-0.15, -0.1) is 0 Å². The Labute approximate surface area is 113 Å². The van der Waals surface area contributed by atoms with Gasteiger partial charge >= 0.3 is 0 Å². The molecule has 0 aliphatic heterocycles. The molecule has 0 saturated carbocycles. The van der Waals surface area contributed by atoms with Crippen molar-refractivity contribution in [3.05, 3.63) is 53.2 Å². The van der Waals surface area contributed by atoms with Crippen LogP contribution < -0.4 is 4.74 Å².